The second-order valence-corrected chi connectivity index (χ2v) is 9.25. The average Bonchev–Trinajstić information content (AvgIpc) is 3.38. The molecule has 4 aromatic rings. The minimum absolute atomic E-state index is 0.0506. The smallest absolute Gasteiger partial charge is 0.225 e. The molecule has 1 fully saturated rings. The molecule has 2 aromatic heterocycles. The van der Waals surface area contributed by atoms with Gasteiger partial charge in [-0.25, -0.2) is 13.9 Å². The molecule has 0 bridgehead atoms. The van der Waals surface area contributed by atoms with Crippen molar-refractivity contribution in [1.82, 2.24) is 19.9 Å². The van der Waals surface area contributed by atoms with E-state index in [2.05, 4.69) is 20.3 Å². The van der Waals surface area contributed by atoms with Gasteiger partial charge in [0.2, 0.25) is 16.0 Å². The Morgan fingerprint density at radius 1 is 1.25 bits per heavy atom. The van der Waals surface area contributed by atoms with Gasteiger partial charge in [-0.1, -0.05) is 35.1 Å². The van der Waals surface area contributed by atoms with E-state index in [1.807, 2.05) is 30.5 Å². The van der Waals surface area contributed by atoms with Gasteiger partial charge >= 0.3 is 0 Å². The van der Waals surface area contributed by atoms with Crippen LogP contribution in [0.3, 0.4) is 0 Å². The summed E-state index contributed by atoms with van der Waals surface area (Å²) >= 11 is 7.52. The second-order valence-electron chi connectivity index (χ2n) is 7.88. The lowest BCUT2D eigenvalue weighted by atomic mass is 9.97. The van der Waals surface area contributed by atoms with E-state index < -0.39 is 0 Å². The summed E-state index contributed by atoms with van der Waals surface area (Å²) in [6, 6.07) is 13.8. The van der Waals surface area contributed by atoms with Crippen molar-refractivity contribution < 1.29 is 9.18 Å². The number of nitrogens with one attached hydrogen (secondary N) is 1. The Morgan fingerprint density at radius 2 is 2.09 bits per heavy atom. The van der Waals surface area contributed by atoms with Gasteiger partial charge in [-0.15, -0.1) is 5.10 Å². The number of benzene rings is 2. The zero-order valence-electron chi connectivity index (χ0n) is 17.2. The molecule has 1 aliphatic heterocycles. The first-order valence-corrected chi connectivity index (χ1v) is 11.6. The van der Waals surface area contributed by atoms with E-state index in [1.165, 1.54) is 23.5 Å². The SMILES string of the molecule is O=C(NCc1cccc(Cl)c1)[C@@H]1CCCN(c2nn3cc(-c4ccc(F)cc4)nc3s2)C1. The fourth-order valence-electron chi connectivity index (χ4n) is 3.92. The molecule has 3 heterocycles. The van der Waals surface area contributed by atoms with Gasteiger partial charge in [0.15, 0.2) is 0 Å². The molecule has 0 aliphatic carbocycles. The van der Waals surface area contributed by atoms with Crippen molar-refractivity contribution in [3.63, 3.8) is 0 Å². The third kappa shape index (κ3) is 4.47. The number of fused-ring (bicyclic) bond motifs is 1. The molecule has 0 radical (unpaired) electrons. The van der Waals surface area contributed by atoms with Crippen LogP contribution in [0.25, 0.3) is 16.2 Å². The van der Waals surface area contributed by atoms with E-state index in [0.717, 1.165) is 46.3 Å². The topological polar surface area (TPSA) is 62.5 Å². The van der Waals surface area contributed by atoms with Crippen LogP contribution < -0.4 is 10.2 Å². The molecule has 6 nitrogen and oxygen atoms in total. The summed E-state index contributed by atoms with van der Waals surface area (Å²) in [5.41, 5.74) is 2.59. The first-order valence-electron chi connectivity index (χ1n) is 10.4. The zero-order chi connectivity index (χ0) is 22.1. The van der Waals surface area contributed by atoms with Crippen LogP contribution in [0.1, 0.15) is 18.4 Å². The molecule has 1 amide bonds. The van der Waals surface area contributed by atoms with Gasteiger partial charge in [0.25, 0.3) is 0 Å². The van der Waals surface area contributed by atoms with Gasteiger partial charge in [-0.2, -0.15) is 0 Å². The maximum atomic E-state index is 13.2. The van der Waals surface area contributed by atoms with E-state index in [4.69, 9.17) is 11.6 Å². The molecular formula is C23H21ClFN5OS. The fraction of sp³-hybridized carbons (Fsp3) is 0.261. The summed E-state index contributed by atoms with van der Waals surface area (Å²) < 4.78 is 14.9. The van der Waals surface area contributed by atoms with Crippen LogP contribution in [-0.4, -0.2) is 33.6 Å². The summed E-state index contributed by atoms with van der Waals surface area (Å²) in [6.07, 6.45) is 3.63. The van der Waals surface area contributed by atoms with Gasteiger partial charge in [-0.3, -0.25) is 4.79 Å². The number of hydrogen-bond acceptors (Lipinski definition) is 5. The van der Waals surface area contributed by atoms with Gasteiger partial charge in [-0.05, 0) is 54.8 Å². The molecule has 2 aromatic carbocycles. The average molecular weight is 470 g/mol. The Labute approximate surface area is 193 Å². The fourth-order valence-corrected chi connectivity index (χ4v) is 5.05. The third-order valence-electron chi connectivity index (χ3n) is 5.59. The lowest BCUT2D eigenvalue weighted by Crippen LogP contribution is -2.43. The first kappa shape index (κ1) is 20.9. The molecule has 1 N–H and O–H groups in total. The summed E-state index contributed by atoms with van der Waals surface area (Å²) in [5.74, 6) is -0.310. The van der Waals surface area contributed by atoms with Crippen LogP contribution >= 0.6 is 22.9 Å². The number of nitrogens with zero attached hydrogens (tertiary/aromatic N) is 4. The molecular weight excluding hydrogens is 449 g/mol. The minimum Gasteiger partial charge on any atom is -0.352 e. The second kappa shape index (κ2) is 8.88. The molecule has 32 heavy (non-hydrogen) atoms. The number of piperidine rings is 1. The minimum atomic E-state index is -0.272. The first-order chi connectivity index (χ1) is 15.5. The molecule has 0 spiro atoms. The number of aromatic nitrogens is 3. The van der Waals surface area contributed by atoms with Gasteiger partial charge in [0, 0.05) is 30.2 Å². The summed E-state index contributed by atoms with van der Waals surface area (Å²) in [6.45, 7) is 1.95. The van der Waals surface area contributed by atoms with Crippen LogP contribution in [-0.2, 0) is 11.3 Å². The normalized spacial score (nSPS) is 16.4. The van der Waals surface area contributed by atoms with Crippen molar-refractivity contribution in [2.75, 3.05) is 18.0 Å². The maximum Gasteiger partial charge on any atom is 0.225 e. The van der Waals surface area contributed by atoms with Crippen molar-refractivity contribution in [3.8, 4) is 11.3 Å². The van der Waals surface area contributed by atoms with E-state index in [-0.39, 0.29) is 17.6 Å². The molecule has 9 heteroatoms. The third-order valence-corrected chi connectivity index (χ3v) is 6.81. The highest BCUT2D eigenvalue weighted by Crippen LogP contribution is 2.30. The Kier molecular flexibility index (Phi) is 5.80. The number of halogens is 2. The molecule has 1 atom stereocenters. The number of anilines is 1. The number of amides is 1. The van der Waals surface area contributed by atoms with Gasteiger partial charge in [0.05, 0.1) is 17.8 Å². The van der Waals surface area contributed by atoms with E-state index in [1.54, 1.807) is 16.6 Å². The van der Waals surface area contributed by atoms with E-state index in [0.29, 0.717) is 18.1 Å². The standard InChI is InChI=1S/C23H21ClFN5OS/c24-18-5-1-3-15(11-18)12-26-21(31)17-4-2-10-29(13-17)23-28-30-14-20(27-22(30)32-23)16-6-8-19(25)9-7-16/h1,3,5-9,11,14,17H,2,4,10,12-13H2,(H,26,31)/t17-/m1/s1. The summed E-state index contributed by atoms with van der Waals surface area (Å²) in [4.78, 5) is 20.3. The Morgan fingerprint density at radius 3 is 2.88 bits per heavy atom. The predicted molar refractivity (Wildman–Crippen MR) is 124 cm³/mol. The largest absolute Gasteiger partial charge is 0.352 e. The highest BCUT2D eigenvalue weighted by atomic mass is 35.5. The predicted octanol–water partition coefficient (Wildman–Crippen LogP) is 4.78. The summed E-state index contributed by atoms with van der Waals surface area (Å²) in [7, 11) is 0. The number of imidazole rings is 1. The van der Waals surface area contributed by atoms with Gasteiger partial charge < -0.3 is 10.2 Å². The zero-order valence-corrected chi connectivity index (χ0v) is 18.7. The summed E-state index contributed by atoms with van der Waals surface area (Å²) in [5, 5.41) is 9.23. The lowest BCUT2D eigenvalue weighted by Gasteiger charge is -2.31. The molecule has 164 valence electrons. The number of rotatable bonds is 5. The number of carbonyl (C=O) groups is 1. The van der Waals surface area contributed by atoms with Crippen molar-refractivity contribution in [1.29, 1.82) is 0 Å². The molecule has 5 rings (SSSR count). The van der Waals surface area contributed by atoms with Crippen LogP contribution in [0.5, 0.6) is 0 Å². The molecule has 0 saturated carbocycles. The Balaban J connectivity index is 1.25. The quantitative estimate of drug-likeness (QED) is 0.456. The van der Waals surface area contributed by atoms with E-state index >= 15 is 0 Å². The molecule has 1 saturated heterocycles. The van der Waals surface area contributed by atoms with Crippen LogP contribution in [0.15, 0.2) is 54.7 Å². The highest BCUT2D eigenvalue weighted by Gasteiger charge is 2.27. The highest BCUT2D eigenvalue weighted by molar-refractivity contribution is 7.20. The molecule has 1 aliphatic rings. The lowest BCUT2D eigenvalue weighted by molar-refractivity contribution is -0.125. The van der Waals surface area contributed by atoms with Crippen LogP contribution in [0.2, 0.25) is 5.02 Å². The van der Waals surface area contributed by atoms with Crippen molar-refractivity contribution in [3.05, 3.63) is 71.1 Å². The van der Waals surface area contributed by atoms with Crippen molar-refractivity contribution in [2.24, 2.45) is 5.92 Å². The Bertz CT molecular complexity index is 1220. The van der Waals surface area contributed by atoms with Crippen molar-refractivity contribution in [2.45, 2.75) is 19.4 Å². The van der Waals surface area contributed by atoms with Crippen LogP contribution in [0.4, 0.5) is 9.52 Å². The Hall–Kier alpha value is -2.97. The maximum absolute atomic E-state index is 13.2. The monoisotopic (exact) mass is 469 g/mol. The number of hydrogen-bond donors (Lipinski definition) is 1. The van der Waals surface area contributed by atoms with Crippen molar-refractivity contribution >= 4 is 38.9 Å². The van der Waals surface area contributed by atoms with Crippen LogP contribution in [0, 0.1) is 11.7 Å². The van der Waals surface area contributed by atoms with Gasteiger partial charge in [0.1, 0.15) is 5.82 Å². The number of carbonyl (C=O) groups excluding carboxylic acids is 1. The van der Waals surface area contributed by atoms with E-state index in [9.17, 15) is 9.18 Å². The molecule has 0 unspecified atom stereocenters.